The van der Waals surface area contributed by atoms with E-state index in [2.05, 4.69) is 0 Å². The Kier molecular flexibility index (Phi) is 15.0. The predicted octanol–water partition coefficient (Wildman–Crippen LogP) is -1.34. The number of aliphatic hydroxyl groups excluding tert-OH is 1. The molecule has 0 saturated carbocycles. The Labute approximate surface area is 64.1 Å². The van der Waals surface area contributed by atoms with Gasteiger partial charge in [0.2, 0.25) is 0 Å². The van der Waals surface area contributed by atoms with E-state index in [-0.39, 0.29) is 23.7 Å². The largest absolute Gasteiger partial charge is 2.00 e. The van der Waals surface area contributed by atoms with Crippen molar-refractivity contribution in [1.82, 2.24) is 0 Å². The third-order valence-corrected chi connectivity index (χ3v) is 0. The Balaban J connectivity index is -0.0000000800. The molecule has 0 aromatic rings. The maximum absolute atomic E-state index is 8.52. The minimum atomic E-state index is -5.17. The van der Waals surface area contributed by atoms with Crippen molar-refractivity contribution in [2.24, 2.45) is 0 Å². The quantitative estimate of drug-likeness (QED) is 0.294. The van der Waals surface area contributed by atoms with Crippen molar-refractivity contribution in [2.75, 3.05) is 6.61 Å². The van der Waals surface area contributed by atoms with Gasteiger partial charge in [-0.15, -0.1) is 0 Å². The van der Waals surface area contributed by atoms with Crippen LogP contribution in [0.25, 0.3) is 0 Å². The monoisotopic (exact) mass is 197 g/mol. The van der Waals surface area contributed by atoms with Gasteiger partial charge in [0, 0.05) is 17.0 Å². The van der Waals surface area contributed by atoms with Crippen molar-refractivity contribution >= 4 is 10.4 Å². The summed E-state index contributed by atoms with van der Waals surface area (Å²) in [7, 11) is -5.17. The first-order valence-corrected chi connectivity index (χ1v) is 3.02. The second kappa shape index (κ2) is 8.35. The zero-order valence-corrected chi connectivity index (χ0v) is 6.57. The Hall–Kier alpha value is 0.349. The molecule has 0 amide bonds. The van der Waals surface area contributed by atoms with Crippen LogP contribution in [0.5, 0.6) is 0 Å². The molecular formula is C2H6MnO5S. The van der Waals surface area contributed by atoms with Gasteiger partial charge >= 0.3 is 17.1 Å². The molecule has 7 heteroatoms. The van der Waals surface area contributed by atoms with Gasteiger partial charge in [-0.3, -0.25) is 8.42 Å². The molecule has 1 N–H and O–H groups in total. The van der Waals surface area contributed by atoms with E-state index >= 15 is 0 Å². The molecule has 0 atom stereocenters. The number of aliphatic hydroxyl groups is 1. The molecule has 0 spiro atoms. The summed E-state index contributed by atoms with van der Waals surface area (Å²) in [5.74, 6) is 0. The molecule has 0 aliphatic carbocycles. The van der Waals surface area contributed by atoms with Gasteiger partial charge in [-0.2, -0.15) is 0 Å². The third kappa shape index (κ3) is 2760. The first-order chi connectivity index (χ1) is 3.41. The third-order valence-electron chi connectivity index (χ3n) is 0. The maximum atomic E-state index is 8.52. The fraction of sp³-hybridized carbons (Fsp3) is 1.00. The minimum Gasteiger partial charge on any atom is -0.759 e. The second-order valence-electron chi connectivity index (χ2n) is 0.724. The SMILES string of the molecule is CCO.O=S(=O)([O-])[O-].[Mn+2]. The summed E-state index contributed by atoms with van der Waals surface area (Å²) in [6.07, 6.45) is 0. The molecule has 9 heavy (non-hydrogen) atoms. The smallest absolute Gasteiger partial charge is 0.759 e. The van der Waals surface area contributed by atoms with Crippen LogP contribution in [0.2, 0.25) is 0 Å². The van der Waals surface area contributed by atoms with E-state index in [0.29, 0.717) is 0 Å². The summed E-state index contributed by atoms with van der Waals surface area (Å²) in [4.78, 5) is 0. The Morgan fingerprint density at radius 3 is 1.44 bits per heavy atom. The van der Waals surface area contributed by atoms with E-state index in [1.807, 2.05) is 0 Å². The fourth-order valence-electron chi connectivity index (χ4n) is 0. The average Bonchev–Trinajstić information content (AvgIpc) is 1.27. The van der Waals surface area contributed by atoms with Gasteiger partial charge < -0.3 is 14.2 Å². The molecular weight excluding hydrogens is 191 g/mol. The van der Waals surface area contributed by atoms with Crippen LogP contribution in [-0.2, 0) is 27.5 Å². The summed E-state index contributed by atoms with van der Waals surface area (Å²) in [5, 5.41) is 7.57. The van der Waals surface area contributed by atoms with Crippen LogP contribution >= 0.6 is 0 Å². The van der Waals surface area contributed by atoms with Gasteiger partial charge in [0.1, 0.15) is 0 Å². The number of rotatable bonds is 0. The normalized spacial score (nSPS) is 8.44. The molecule has 0 aromatic carbocycles. The van der Waals surface area contributed by atoms with Crippen molar-refractivity contribution in [3.05, 3.63) is 0 Å². The maximum Gasteiger partial charge on any atom is 2.00 e. The summed E-state index contributed by atoms with van der Waals surface area (Å²) in [6.45, 7) is 1.93. The zero-order valence-electron chi connectivity index (χ0n) is 4.57. The molecule has 57 valence electrons. The van der Waals surface area contributed by atoms with E-state index in [4.69, 9.17) is 22.6 Å². The summed E-state index contributed by atoms with van der Waals surface area (Å²) in [5.41, 5.74) is 0. The van der Waals surface area contributed by atoms with Crippen LogP contribution in [0.15, 0.2) is 0 Å². The van der Waals surface area contributed by atoms with Crippen LogP contribution < -0.4 is 0 Å². The standard InChI is InChI=1S/C2H6O.Mn.H2O4S/c1-2-3;;1-5(2,3)4/h3H,2H2,1H3;;(H2,1,2,3,4)/q;+2;/p-2. The predicted molar refractivity (Wildman–Crippen MR) is 23.2 cm³/mol. The molecule has 0 saturated heterocycles. The van der Waals surface area contributed by atoms with E-state index in [1.54, 1.807) is 6.92 Å². The Bertz CT molecular complexity index is 109. The van der Waals surface area contributed by atoms with Crippen LogP contribution in [0.1, 0.15) is 6.92 Å². The van der Waals surface area contributed by atoms with Crippen molar-refractivity contribution in [2.45, 2.75) is 6.92 Å². The van der Waals surface area contributed by atoms with Gasteiger partial charge in [-0.25, -0.2) is 0 Å². The summed E-state index contributed by atoms with van der Waals surface area (Å²) >= 11 is 0. The minimum absolute atomic E-state index is 0. The molecule has 0 heterocycles. The Morgan fingerprint density at radius 1 is 1.44 bits per heavy atom. The first-order valence-electron chi connectivity index (χ1n) is 1.69. The van der Waals surface area contributed by atoms with Crippen LogP contribution in [0.3, 0.4) is 0 Å². The van der Waals surface area contributed by atoms with Gasteiger partial charge in [0.25, 0.3) is 0 Å². The van der Waals surface area contributed by atoms with E-state index < -0.39 is 10.4 Å². The summed E-state index contributed by atoms with van der Waals surface area (Å²) in [6, 6.07) is 0. The molecule has 0 unspecified atom stereocenters. The van der Waals surface area contributed by atoms with Gasteiger partial charge in [0.15, 0.2) is 0 Å². The molecule has 5 nitrogen and oxygen atoms in total. The van der Waals surface area contributed by atoms with Crippen molar-refractivity contribution in [1.29, 1.82) is 0 Å². The van der Waals surface area contributed by atoms with Gasteiger partial charge in [-0.05, 0) is 6.92 Å². The first kappa shape index (κ1) is 16.2. The molecule has 0 bridgehead atoms. The average molecular weight is 197 g/mol. The zero-order chi connectivity index (χ0) is 7.21. The molecule has 0 aromatic heterocycles. The number of hydrogen-bond donors (Lipinski definition) is 1. The van der Waals surface area contributed by atoms with Crippen molar-refractivity contribution in [3.8, 4) is 0 Å². The van der Waals surface area contributed by atoms with E-state index in [1.165, 1.54) is 0 Å². The van der Waals surface area contributed by atoms with Crippen LogP contribution in [0, 0.1) is 0 Å². The second-order valence-corrected chi connectivity index (χ2v) is 1.54. The molecule has 0 aliphatic heterocycles. The van der Waals surface area contributed by atoms with Crippen molar-refractivity contribution in [3.63, 3.8) is 0 Å². The Morgan fingerprint density at radius 2 is 1.44 bits per heavy atom. The van der Waals surface area contributed by atoms with Crippen molar-refractivity contribution < 1.29 is 39.7 Å². The molecule has 1 radical (unpaired) electrons. The fourth-order valence-corrected chi connectivity index (χ4v) is 0. The van der Waals surface area contributed by atoms with Gasteiger partial charge in [-0.1, -0.05) is 0 Å². The molecule has 0 rings (SSSR count). The summed E-state index contributed by atoms with van der Waals surface area (Å²) < 4.78 is 34.1. The molecule has 0 fully saturated rings. The van der Waals surface area contributed by atoms with Crippen LogP contribution in [-0.4, -0.2) is 29.2 Å². The number of hydrogen-bond acceptors (Lipinski definition) is 5. The van der Waals surface area contributed by atoms with E-state index in [0.717, 1.165) is 0 Å². The topological polar surface area (TPSA) is 100 Å². The van der Waals surface area contributed by atoms with E-state index in [9.17, 15) is 0 Å². The van der Waals surface area contributed by atoms with Crippen LogP contribution in [0.4, 0.5) is 0 Å². The van der Waals surface area contributed by atoms with Gasteiger partial charge in [0.05, 0.1) is 0 Å². The molecule has 0 aliphatic rings.